The summed E-state index contributed by atoms with van der Waals surface area (Å²) in [5.41, 5.74) is 6.37. The topological polar surface area (TPSA) is 191 Å². The highest BCUT2D eigenvalue weighted by atomic mass is 79.9. The van der Waals surface area contributed by atoms with Gasteiger partial charge in [-0.2, -0.15) is 10.3 Å². The van der Waals surface area contributed by atoms with Crippen molar-refractivity contribution in [2.24, 2.45) is 5.73 Å². The number of rotatable bonds is 11. The number of benzene rings is 2. The summed E-state index contributed by atoms with van der Waals surface area (Å²) in [6, 6.07) is 9.39. The second-order valence-electron chi connectivity index (χ2n) is 7.35. The summed E-state index contributed by atoms with van der Waals surface area (Å²) in [6.45, 7) is -0.382. The van der Waals surface area contributed by atoms with Gasteiger partial charge < -0.3 is 11.1 Å². The van der Waals surface area contributed by atoms with Crippen molar-refractivity contribution in [3.05, 3.63) is 80.0 Å². The molecule has 0 atom stereocenters. The molecule has 0 aromatic heterocycles. The minimum absolute atomic E-state index is 0.0512. The molecule has 1 aliphatic rings. The number of nitrogens with two attached hydrogens (primary N) is 1. The fraction of sp³-hybridized carbons (Fsp3) is 0.200. The lowest BCUT2D eigenvalue weighted by molar-refractivity contribution is -0.384. The molecule has 0 fully saturated rings. The molecule has 0 bridgehead atoms. The zero-order chi connectivity index (χ0) is 27.3. The van der Waals surface area contributed by atoms with E-state index in [4.69, 9.17) is 26.2 Å². The van der Waals surface area contributed by atoms with Gasteiger partial charge in [0.1, 0.15) is 18.3 Å². The number of hydroxylamine groups is 3. The van der Waals surface area contributed by atoms with E-state index in [-0.39, 0.29) is 40.5 Å². The number of nitrogens with one attached hydrogen (secondary N) is 2. The first kappa shape index (κ1) is 27.6. The Morgan fingerprint density at radius 3 is 2.62 bits per heavy atom. The van der Waals surface area contributed by atoms with Crippen LogP contribution in [0.2, 0.25) is 0 Å². The predicted octanol–water partition coefficient (Wildman–Crippen LogP) is 2.03. The Morgan fingerprint density at radius 1 is 1.38 bits per heavy atom. The van der Waals surface area contributed by atoms with E-state index >= 15 is 0 Å². The first-order valence-corrected chi connectivity index (χ1v) is 12.6. The maximum Gasteiger partial charge on any atom is 0.269 e. The Hall–Kier alpha value is -3.98. The summed E-state index contributed by atoms with van der Waals surface area (Å²) in [5.74, 6) is -1.59. The molecule has 0 amide bonds. The molecular formula is C20H20BrFN8O6S. The highest BCUT2D eigenvalue weighted by Crippen LogP contribution is 2.32. The van der Waals surface area contributed by atoms with Gasteiger partial charge in [-0.15, -0.1) is 4.94 Å². The van der Waals surface area contributed by atoms with Crippen molar-refractivity contribution in [2.45, 2.75) is 6.61 Å². The first-order valence-electron chi connectivity index (χ1n) is 10.2. The molecule has 196 valence electrons. The van der Waals surface area contributed by atoms with Crippen LogP contribution < -0.4 is 16.1 Å². The summed E-state index contributed by atoms with van der Waals surface area (Å²) in [4.78, 5) is 21.7. The van der Waals surface area contributed by atoms with Crippen LogP contribution in [0.5, 0.6) is 0 Å². The van der Waals surface area contributed by atoms with Gasteiger partial charge in [0.2, 0.25) is 10.0 Å². The number of nitriles is 1. The monoisotopic (exact) mass is 598 g/mol. The number of sulfonamides is 1. The third-order valence-electron chi connectivity index (χ3n) is 4.86. The molecule has 14 nitrogen and oxygen atoms in total. The van der Waals surface area contributed by atoms with E-state index in [0.717, 1.165) is 23.4 Å². The number of nitro groups is 1. The van der Waals surface area contributed by atoms with Crippen molar-refractivity contribution in [1.29, 1.82) is 10.7 Å². The van der Waals surface area contributed by atoms with Crippen molar-refractivity contribution in [2.75, 3.05) is 24.4 Å². The van der Waals surface area contributed by atoms with Gasteiger partial charge in [-0.3, -0.25) is 15.5 Å². The number of halogens is 2. The standard InChI is InChI=1S/C20H20BrFN8O6S/c1-27(12-23)37(33,34)9-8-26-20-18(19(24)25)28(15-6-7-17(22)16(21)10-15)36-30(20)35-11-13-2-4-14(5-3-13)29(31)32/h2-7,10,26H,8-9,11H2,1H3,(H3,24,25). The van der Waals surface area contributed by atoms with E-state index in [1.807, 2.05) is 0 Å². The molecule has 37 heavy (non-hydrogen) atoms. The smallest absolute Gasteiger partial charge is 0.269 e. The van der Waals surface area contributed by atoms with Gasteiger partial charge in [0.05, 0.1) is 20.8 Å². The SMILES string of the molecule is CN(C#N)S(=O)(=O)CCNC1=C(C(=N)N)N(c2ccc(F)c(Br)c2)ON1OCc1ccc([N+](=O)[O-])cc1. The Bertz CT molecular complexity index is 1380. The highest BCUT2D eigenvalue weighted by molar-refractivity contribution is 9.10. The number of non-ortho nitro benzene ring substituents is 1. The van der Waals surface area contributed by atoms with Crippen LogP contribution in [0.25, 0.3) is 0 Å². The van der Waals surface area contributed by atoms with Crippen molar-refractivity contribution in [3.8, 4) is 6.19 Å². The average molecular weight is 599 g/mol. The quantitative estimate of drug-likeness (QED) is 0.0855. The van der Waals surface area contributed by atoms with Crippen LogP contribution >= 0.6 is 15.9 Å². The van der Waals surface area contributed by atoms with Gasteiger partial charge in [0, 0.05) is 25.7 Å². The molecule has 2 aromatic carbocycles. The lowest BCUT2D eigenvalue weighted by Crippen LogP contribution is -2.35. The van der Waals surface area contributed by atoms with E-state index < -0.39 is 32.4 Å². The number of hydrogen-bond acceptors (Lipinski definition) is 11. The molecule has 1 aliphatic heterocycles. The largest absolute Gasteiger partial charge is 0.382 e. The van der Waals surface area contributed by atoms with Crippen LogP contribution in [-0.2, 0) is 26.4 Å². The molecule has 0 unspecified atom stereocenters. The zero-order valence-electron chi connectivity index (χ0n) is 19.1. The molecule has 0 radical (unpaired) electrons. The second kappa shape index (κ2) is 11.4. The third kappa shape index (κ3) is 6.42. The van der Waals surface area contributed by atoms with Gasteiger partial charge in [0.25, 0.3) is 5.69 Å². The Kier molecular flexibility index (Phi) is 8.49. The Balaban J connectivity index is 1.90. The van der Waals surface area contributed by atoms with Crippen LogP contribution in [0, 0.1) is 32.8 Å². The van der Waals surface area contributed by atoms with E-state index in [9.17, 15) is 22.9 Å². The van der Waals surface area contributed by atoms with Gasteiger partial charge in [-0.05, 0) is 51.8 Å². The maximum absolute atomic E-state index is 13.8. The lowest BCUT2D eigenvalue weighted by Gasteiger charge is -2.22. The van der Waals surface area contributed by atoms with Gasteiger partial charge in [0.15, 0.2) is 17.7 Å². The summed E-state index contributed by atoms with van der Waals surface area (Å²) < 4.78 is 38.8. The summed E-state index contributed by atoms with van der Waals surface area (Å²) in [7, 11) is -2.81. The molecule has 2 aromatic rings. The summed E-state index contributed by atoms with van der Waals surface area (Å²) >= 11 is 3.08. The van der Waals surface area contributed by atoms with Crippen molar-refractivity contribution in [3.63, 3.8) is 0 Å². The highest BCUT2D eigenvalue weighted by Gasteiger charge is 2.36. The minimum Gasteiger partial charge on any atom is -0.382 e. The Morgan fingerprint density at radius 2 is 2.05 bits per heavy atom. The Labute approximate surface area is 218 Å². The zero-order valence-corrected chi connectivity index (χ0v) is 21.5. The lowest BCUT2D eigenvalue weighted by atomic mass is 10.2. The normalized spacial score (nSPS) is 13.5. The number of nitrogens with zero attached hydrogens (tertiary/aromatic N) is 5. The maximum atomic E-state index is 13.8. The van der Waals surface area contributed by atoms with Gasteiger partial charge in [-0.1, -0.05) is 5.23 Å². The summed E-state index contributed by atoms with van der Waals surface area (Å²) in [6.07, 6.45) is 1.51. The van der Waals surface area contributed by atoms with Gasteiger partial charge in [-0.25, -0.2) is 22.0 Å². The van der Waals surface area contributed by atoms with Crippen molar-refractivity contribution in [1.82, 2.24) is 14.8 Å². The number of amidine groups is 1. The van der Waals surface area contributed by atoms with E-state index in [1.165, 1.54) is 42.6 Å². The fourth-order valence-corrected chi connectivity index (χ4v) is 4.07. The van der Waals surface area contributed by atoms with E-state index in [0.29, 0.717) is 9.87 Å². The third-order valence-corrected chi connectivity index (χ3v) is 7.11. The van der Waals surface area contributed by atoms with Crippen molar-refractivity contribution < 1.29 is 27.5 Å². The van der Waals surface area contributed by atoms with Gasteiger partial charge >= 0.3 is 0 Å². The van der Waals surface area contributed by atoms with E-state index in [2.05, 4.69) is 21.2 Å². The molecule has 4 N–H and O–H groups in total. The van der Waals surface area contributed by atoms with E-state index in [1.54, 1.807) is 0 Å². The second-order valence-corrected chi connectivity index (χ2v) is 10.3. The average Bonchev–Trinajstić information content (AvgIpc) is 3.22. The van der Waals surface area contributed by atoms with Crippen LogP contribution in [0.1, 0.15) is 5.56 Å². The number of anilines is 1. The fourth-order valence-electron chi connectivity index (χ4n) is 2.94. The molecule has 0 saturated heterocycles. The molecule has 1 heterocycles. The van der Waals surface area contributed by atoms with Crippen LogP contribution in [0.3, 0.4) is 0 Å². The molecule has 0 aliphatic carbocycles. The summed E-state index contributed by atoms with van der Waals surface area (Å²) in [5, 5.41) is 32.5. The minimum atomic E-state index is -3.91. The molecular weight excluding hydrogens is 579 g/mol. The molecule has 17 heteroatoms. The van der Waals surface area contributed by atoms with Crippen LogP contribution in [-0.4, -0.2) is 48.1 Å². The van der Waals surface area contributed by atoms with Crippen LogP contribution in [0.4, 0.5) is 15.8 Å². The predicted molar refractivity (Wildman–Crippen MR) is 131 cm³/mol. The number of nitro benzene ring substituents is 1. The molecule has 3 rings (SSSR count). The molecule has 0 saturated carbocycles. The first-order chi connectivity index (χ1) is 17.4. The number of hydrogen-bond donors (Lipinski definition) is 3. The van der Waals surface area contributed by atoms with Crippen LogP contribution in [0.15, 0.2) is 58.5 Å². The van der Waals surface area contributed by atoms with Crippen molar-refractivity contribution >= 4 is 43.2 Å². The molecule has 0 spiro atoms.